The van der Waals surface area contributed by atoms with E-state index in [2.05, 4.69) is 12.2 Å². The van der Waals surface area contributed by atoms with Gasteiger partial charge >= 0.3 is 6.03 Å². The predicted molar refractivity (Wildman–Crippen MR) is 76.2 cm³/mol. The van der Waals surface area contributed by atoms with Gasteiger partial charge in [0, 0.05) is 25.4 Å². The first-order chi connectivity index (χ1) is 9.24. The van der Waals surface area contributed by atoms with Crippen molar-refractivity contribution in [1.29, 1.82) is 0 Å². The van der Waals surface area contributed by atoms with Gasteiger partial charge in [-0.05, 0) is 36.8 Å². The Balaban J connectivity index is 2.00. The number of carbonyl (C=O) groups is 1. The second kappa shape index (κ2) is 6.57. The number of amides is 2. The predicted octanol–water partition coefficient (Wildman–Crippen LogP) is 2.49. The number of likely N-dealkylation sites (tertiary alicyclic amines) is 1. The fraction of sp³-hybridized carbons (Fsp3) is 0.533. The quantitative estimate of drug-likeness (QED) is 0.879. The molecule has 0 aliphatic carbocycles. The Kier molecular flexibility index (Phi) is 4.80. The van der Waals surface area contributed by atoms with Crippen molar-refractivity contribution < 1.29 is 9.90 Å². The lowest BCUT2D eigenvalue weighted by molar-refractivity contribution is 0.136. The van der Waals surface area contributed by atoms with Crippen molar-refractivity contribution in [3.05, 3.63) is 29.8 Å². The number of aliphatic hydroxyl groups excluding tert-OH is 1. The molecule has 0 saturated carbocycles. The van der Waals surface area contributed by atoms with Gasteiger partial charge in [0.15, 0.2) is 0 Å². The molecule has 1 unspecified atom stereocenters. The minimum Gasteiger partial charge on any atom is -0.396 e. The standard InChI is InChI=1S/C15H22N2O2/c1-2-13-7-3-4-8-14(13)16-15(19)17-9-5-6-12(10-17)11-18/h3-4,7-8,12,18H,2,5-6,9-11H2,1H3,(H,16,19). The van der Waals surface area contributed by atoms with Crippen LogP contribution >= 0.6 is 0 Å². The number of hydrogen-bond acceptors (Lipinski definition) is 2. The Hall–Kier alpha value is -1.55. The zero-order valence-corrected chi connectivity index (χ0v) is 11.4. The average molecular weight is 262 g/mol. The second-order valence-electron chi connectivity index (χ2n) is 5.08. The highest BCUT2D eigenvalue weighted by Gasteiger charge is 2.23. The van der Waals surface area contributed by atoms with Gasteiger partial charge in [-0.15, -0.1) is 0 Å². The van der Waals surface area contributed by atoms with Crippen molar-refractivity contribution in [2.24, 2.45) is 5.92 Å². The molecule has 0 aromatic heterocycles. The molecule has 4 nitrogen and oxygen atoms in total. The molecule has 1 heterocycles. The van der Waals surface area contributed by atoms with E-state index in [1.165, 1.54) is 0 Å². The summed E-state index contributed by atoms with van der Waals surface area (Å²) < 4.78 is 0. The topological polar surface area (TPSA) is 52.6 Å². The maximum Gasteiger partial charge on any atom is 0.321 e. The summed E-state index contributed by atoms with van der Waals surface area (Å²) >= 11 is 0. The number of rotatable bonds is 3. The van der Waals surface area contributed by atoms with E-state index in [1.807, 2.05) is 24.3 Å². The van der Waals surface area contributed by atoms with Gasteiger partial charge in [0.25, 0.3) is 0 Å². The van der Waals surface area contributed by atoms with E-state index in [-0.39, 0.29) is 18.6 Å². The number of urea groups is 1. The second-order valence-corrected chi connectivity index (χ2v) is 5.08. The summed E-state index contributed by atoms with van der Waals surface area (Å²) in [5.74, 6) is 0.223. The molecule has 1 aliphatic heterocycles. The number of carbonyl (C=O) groups excluding carboxylic acids is 1. The highest BCUT2D eigenvalue weighted by atomic mass is 16.3. The van der Waals surface area contributed by atoms with Crippen molar-refractivity contribution >= 4 is 11.7 Å². The van der Waals surface area contributed by atoms with Crippen LogP contribution in [-0.4, -0.2) is 35.7 Å². The van der Waals surface area contributed by atoms with Crippen molar-refractivity contribution in [3.63, 3.8) is 0 Å². The van der Waals surface area contributed by atoms with Gasteiger partial charge in [-0.25, -0.2) is 4.79 Å². The highest BCUT2D eigenvalue weighted by Crippen LogP contribution is 2.19. The lowest BCUT2D eigenvalue weighted by atomic mass is 9.99. The number of aryl methyl sites for hydroxylation is 1. The van der Waals surface area contributed by atoms with E-state index in [0.717, 1.165) is 37.1 Å². The van der Waals surface area contributed by atoms with Gasteiger partial charge in [-0.1, -0.05) is 25.1 Å². The number of para-hydroxylation sites is 1. The molecule has 2 N–H and O–H groups in total. The first-order valence-electron chi connectivity index (χ1n) is 6.99. The van der Waals surface area contributed by atoms with Gasteiger partial charge < -0.3 is 15.3 Å². The van der Waals surface area contributed by atoms with Gasteiger partial charge in [0.05, 0.1) is 0 Å². The first-order valence-corrected chi connectivity index (χ1v) is 6.99. The lowest BCUT2D eigenvalue weighted by Gasteiger charge is -2.32. The summed E-state index contributed by atoms with van der Waals surface area (Å²) in [7, 11) is 0. The molecular weight excluding hydrogens is 240 g/mol. The van der Waals surface area contributed by atoms with Crippen LogP contribution < -0.4 is 5.32 Å². The Morgan fingerprint density at radius 3 is 3.00 bits per heavy atom. The number of nitrogens with zero attached hydrogens (tertiary/aromatic N) is 1. The number of benzene rings is 1. The van der Waals surface area contributed by atoms with Crippen LogP contribution in [0.25, 0.3) is 0 Å². The number of anilines is 1. The molecule has 2 amide bonds. The van der Waals surface area contributed by atoms with Gasteiger partial charge in [0.1, 0.15) is 0 Å². The Labute approximate surface area is 114 Å². The van der Waals surface area contributed by atoms with Crippen LogP contribution in [0.3, 0.4) is 0 Å². The Morgan fingerprint density at radius 1 is 1.47 bits per heavy atom. The summed E-state index contributed by atoms with van der Waals surface area (Å²) in [5, 5.41) is 12.2. The number of hydrogen-bond donors (Lipinski definition) is 2. The SMILES string of the molecule is CCc1ccccc1NC(=O)N1CCCC(CO)C1. The molecule has 0 spiro atoms. The summed E-state index contributed by atoms with van der Waals surface area (Å²) in [6, 6.07) is 7.82. The van der Waals surface area contributed by atoms with Crippen LogP contribution in [0.1, 0.15) is 25.3 Å². The Morgan fingerprint density at radius 2 is 2.26 bits per heavy atom. The zero-order chi connectivity index (χ0) is 13.7. The van der Waals surface area contributed by atoms with Crippen LogP contribution in [0.2, 0.25) is 0 Å². The molecule has 1 aromatic carbocycles. The fourth-order valence-electron chi connectivity index (χ4n) is 2.54. The molecule has 0 bridgehead atoms. The smallest absolute Gasteiger partial charge is 0.321 e. The maximum absolute atomic E-state index is 12.2. The first kappa shape index (κ1) is 13.9. The number of nitrogens with one attached hydrogen (secondary N) is 1. The summed E-state index contributed by atoms with van der Waals surface area (Å²) in [5.41, 5.74) is 2.03. The van der Waals surface area contributed by atoms with E-state index < -0.39 is 0 Å². The molecule has 1 aromatic rings. The van der Waals surface area contributed by atoms with Crippen molar-refractivity contribution in [1.82, 2.24) is 4.90 Å². The van der Waals surface area contributed by atoms with Gasteiger partial charge in [-0.3, -0.25) is 0 Å². The third kappa shape index (κ3) is 3.47. The zero-order valence-electron chi connectivity index (χ0n) is 11.4. The van der Waals surface area contributed by atoms with Crippen molar-refractivity contribution in [2.75, 3.05) is 25.0 Å². The molecular formula is C15H22N2O2. The monoisotopic (exact) mass is 262 g/mol. The fourth-order valence-corrected chi connectivity index (χ4v) is 2.54. The van der Waals surface area contributed by atoms with E-state index in [9.17, 15) is 9.90 Å². The Bertz CT molecular complexity index is 434. The van der Waals surface area contributed by atoms with Crippen LogP contribution in [0.5, 0.6) is 0 Å². The van der Waals surface area contributed by atoms with Crippen LogP contribution in [-0.2, 0) is 6.42 Å². The number of piperidine rings is 1. The van der Waals surface area contributed by atoms with E-state index in [4.69, 9.17) is 0 Å². The average Bonchev–Trinajstić information content (AvgIpc) is 2.47. The summed E-state index contributed by atoms with van der Waals surface area (Å²) in [6.07, 6.45) is 2.87. The third-order valence-corrected chi connectivity index (χ3v) is 3.70. The van der Waals surface area contributed by atoms with E-state index in [1.54, 1.807) is 4.90 Å². The molecule has 19 heavy (non-hydrogen) atoms. The summed E-state index contributed by atoms with van der Waals surface area (Å²) in [6.45, 7) is 3.66. The molecule has 1 fully saturated rings. The van der Waals surface area contributed by atoms with E-state index in [0.29, 0.717) is 6.54 Å². The van der Waals surface area contributed by atoms with E-state index >= 15 is 0 Å². The minimum atomic E-state index is -0.0564. The normalized spacial score (nSPS) is 19.3. The molecule has 104 valence electrons. The highest BCUT2D eigenvalue weighted by molar-refractivity contribution is 5.90. The molecule has 1 saturated heterocycles. The molecule has 4 heteroatoms. The van der Waals surface area contributed by atoms with Crippen LogP contribution in [0.15, 0.2) is 24.3 Å². The van der Waals surface area contributed by atoms with Crippen LogP contribution in [0.4, 0.5) is 10.5 Å². The largest absolute Gasteiger partial charge is 0.396 e. The third-order valence-electron chi connectivity index (χ3n) is 3.70. The van der Waals surface area contributed by atoms with Gasteiger partial charge in [0.2, 0.25) is 0 Å². The van der Waals surface area contributed by atoms with Crippen molar-refractivity contribution in [2.45, 2.75) is 26.2 Å². The maximum atomic E-state index is 12.2. The lowest BCUT2D eigenvalue weighted by Crippen LogP contribution is -2.43. The van der Waals surface area contributed by atoms with Crippen molar-refractivity contribution in [3.8, 4) is 0 Å². The van der Waals surface area contributed by atoms with Gasteiger partial charge in [-0.2, -0.15) is 0 Å². The molecule has 1 atom stereocenters. The minimum absolute atomic E-state index is 0.0564. The molecule has 2 rings (SSSR count). The number of aliphatic hydroxyl groups is 1. The molecule has 1 aliphatic rings. The summed E-state index contributed by atoms with van der Waals surface area (Å²) in [4.78, 5) is 14.0. The van der Waals surface area contributed by atoms with Crippen LogP contribution in [0, 0.1) is 5.92 Å². The molecule has 0 radical (unpaired) electrons.